The summed E-state index contributed by atoms with van der Waals surface area (Å²) < 4.78 is 5.13. The van der Waals surface area contributed by atoms with E-state index in [2.05, 4.69) is 17.6 Å². The van der Waals surface area contributed by atoms with Gasteiger partial charge in [-0.2, -0.15) is 0 Å². The van der Waals surface area contributed by atoms with Gasteiger partial charge in [0.15, 0.2) is 0 Å². The number of anilines is 1. The highest BCUT2D eigenvalue weighted by Crippen LogP contribution is 2.12. The molecule has 0 saturated heterocycles. The summed E-state index contributed by atoms with van der Waals surface area (Å²) in [6, 6.07) is 7.11. The second-order valence-corrected chi connectivity index (χ2v) is 6.99. The Kier molecular flexibility index (Phi) is 12.8. The zero-order valence-electron chi connectivity index (χ0n) is 17.9. The summed E-state index contributed by atoms with van der Waals surface area (Å²) in [5.74, 6) is -0.779. The van der Waals surface area contributed by atoms with Gasteiger partial charge in [0.05, 0.1) is 0 Å². The summed E-state index contributed by atoms with van der Waals surface area (Å²) in [5, 5.41) is 5.44. The number of aryl methyl sites for hydroxylation is 1. The predicted octanol–water partition coefficient (Wildman–Crippen LogP) is 2.28. The highest BCUT2D eigenvalue weighted by Gasteiger charge is 2.11. The van der Waals surface area contributed by atoms with E-state index in [-0.39, 0.29) is 37.4 Å². The normalized spacial score (nSPS) is 10.3. The Labute approximate surface area is 178 Å². The molecule has 0 bridgehead atoms. The zero-order chi connectivity index (χ0) is 22.2. The van der Waals surface area contributed by atoms with Gasteiger partial charge in [0.1, 0.15) is 13.2 Å². The first-order valence-electron chi connectivity index (χ1n) is 10.5. The molecule has 8 nitrogen and oxygen atoms in total. The Hall–Kier alpha value is -2.74. The highest BCUT2D eigenvalue weighted by molar-refractivity contribution is 5.92. The molecule has 0 atom stereocenters. The smallest absolute Gasteiger partial charge is 0.250 e. The van der Waals surface area contributed by atoms with Gasteiger partial charge in [0.2, 0.25) is 24.1 Å². The molecule has 0 spiro atoms. The van der Waals surface area contributed by atoms with Crippen LogP contribution < -0.4 is 10.6 Å². The van der Waals surface area contributed by atoms with E-state index in [0.717, 1.165) is 31.2 Å². The van der Waals surface area contributed by atoms with Gasteiger partial charge in [0.25, 0.3) is 0 Å². The summed E-state index contributed by atoms with van der Waals surface area (Å²) >= 11 is 0. The summed E-state index contributed by atoms with van der Waals surface area (Å²) in [5.41, 5.74) is 1.53. The van der Waals surface area contributed by atoms with Crippen molar-refractivity contribution in [2.75, 3.05) is 31.6 Å². The third-order valence-electron chi connectivity index (χ3n) is 4.35. The minimum Gasteiger partial charge on any atom is -0.362 e. The molecule has 0 radical (unpaired) electrons. The molecule has 8 heteroatoms. The second-order valence-electron chi connectivity index (χ2n) is 6.99. The molecular formula is C22H33N3O5. The number of ether oxygens (including phenoxy) is 1. The molecule has 0 aliphatic carbocycles. The fourth-order valence-corrected chi connectivity index (χ4v) is 2.71. The average Bonchev–Trinajstić information content (AvgIpc) is 2.74. The van der Waals surface area contributed by atoms with Crippen LogP contribution in [0.5, 0.6) is 0 Å². The Balaban J connectivity index is 2.29. The first-order chi connectivity index (χ1) is 14.5. The van der Waals surface area contributed by atoms with E-state index < -0.39 is 0 Å². The molecule has 0 aliphatic rings. The number of rotatable bonds is 15. The Morgan fingerprint density at radius 1 is 1.00 bits per heavy atom. The maximum absolute atomic E-state index is 12.0. The summed E-state index contributed by atoms with van der Waals surface area (Å²) in [7, 11) is 0. The number of imide groups is 1. The van der Waals surface area contributed by atoms with Gasteiger partial charge < -0.3 is 15.4 Å². The van der Waals surface area contributed by atoms with Crippen LogP contribution in [0.3, 0.4) is 0 Å². The maximum atomic E-state index is 12.0. The van der Waals surface area contributed by atoms with Crippen molar-refractivity contribution in [3.63, 3.8) is 0 Å². The van der Waals surface area contributed by atoms with Crippen LogP contribution in [0.1, 0.15) is 51.5 Å². The number of hydrogen-bond acceptors (Lipinski definition) is 5. The molecule has 4 amide bonds. The van der Waals surface area contributed by atoms with Gasteiger partial charge in [-0.1, -0.05) is 38.8 Å². The number of amides is 4. The van der Waals surface area contributed by atoms with Crippen molar-refractivity contribution in [2.45, 2.75) is 52.4 Å². The lowest BCUT2D eigenvalue weighted by molar-refractivity contribution is -0.138. The second kappa shape index (κ2) is 15.1. The summed E-state index contributed by atoms with van der Waals surface area (Å²) in [4.78, 5) is 47.6. The highest BCUT2D eigenvalue weighted by atomic mass is 16.5. The topological polar surface area (TPSA) is 105 Å². The van der Waals surface area contributed by atoms with Crippen molar-refractivity contribution < 1.29 is 23.9 Å². The van der Waals surface area contributed by atoms with Crippen LogP contribution in [-0.4, -0.2) is 55.3 Å². The van der Waals surface area contributed by atoms with Crippen LogP contribution in [0.25, 0.3) is 0 Å². The number of carbonyl (C=O) groups is 4. The minimum absolute atomic E-state index is 0.150. The van der Waals surface area contributed by atoms with E-state index in [1.165, 1.54) is 4.90 Å². The van der Waals surface area contributed by atoms with Crippen molar-refractivity contribution in [3.8, 4) is 0 Å². The number of nitrogens with one attached hydrogen (secondary N) is 2. The van der Waals surface area contributed by atoms with Crippen molar-refractivity contribution >= 4 is 29.8 Å². The first-order valence-corrected chi connectivity index (χ1v) is 10.5. The van der Waals surface area contributed by atoms with Gasteiger partial charge in [0, 0.05) is 25.2 Å². The van der Waals surface area contributed by atoms with Crippen LogP contribution in [0.15, 0.2) is 24.3 Å². The molecule has 1 aromatic rings. The summed E-state index contributed by atoms with van der Waals surface area (Å²) in [6.45, 7) is 4.68. The van der Waals surface area contributed by atoms with Crippen LogP contribution in [0.4, 0.5) is 5.69 Å². The fraction of sp³-hybridized carbons (Fsp3) is 0.545. The van der Waals surface area contributed by atoms with Crippen molar-refractivity contribution in [1.82, 2.24) is 10.2 Å². The molecule has 0 fully saturated rings. The molecule has 1 aromatic carbocycles. The van der Waals surface area contributed by atoms with Crippen molar-refractivity contribution in [1.29, 1.82) is 0 Å². The predicted molar refractivity (Wildman–Crippen MR) is 115 cm³/mol. The molecule has 166 valence electrons. The molecule has 0 heterocycles. The van der Waals surface area contributed by atoms with Gasteiger partial charge in [-0.15, -0.1) is 0 Å². The van der Waals surface area contributed by atoms with E-state index in [4.69, 9.17) is 4.74 Å². The Morgan fingerprint density at radius 3 is 2.33 bits per heavy atom. The van der Waals surface area contributed by atoms with Gasteiger partial charge >= 0.3 is 0 Å². The zero-order valence-corrected chi connectivity index (χ0v) is 17.9. The molecule has 0 unspecified atom stereocenters. The van der Waals surface area contributed by atoms with E-state index in [1.807, 2.05) is 19.1 Å². The third-order valence-corrected chi connectivity index (χ3v) is 4.35. The van der Waals surface area contributed by atoms with Crippen LogP contribution >= 0.6 is 0 Å². The summed E-state index contributed by atoms with van der Waals surface area (Å²) in [6.07, 6.45) is 5.14. The number of benzene rings is 1. The van der Waals surface area contributed by atoms with Gasteiger partial charge in [-0.05, 0) is 37.0 Å². The van der Waals surface area contributed by atoms with E-state index in [9.17, 15) is 19.2 Å². The molecule has 30 heavy (non-hydrogen) atoms. The lowest BCUT2D eigenvalue weighted by Crippen LogP contribution is -2.30. The van der Waals surface area contributed by atoms with E-state index >= 15 is 0 Å². The maximum Gasteiger partial charge on any atom is 0.250 e. The van der Waals surface area contributed by atoms with Gasteiger partial charge in [-0.25, -0.2) is 0 Å². The molecule has 0 saturated carbocycles. The monoisotopic (exact) mass is 419 g/mol. The first kappa shape index (κ1) is 25.3. The minimum atomic E-state index is -0.349. The number of carbonyl (C=O) groups excluding carboxylic acids is 4. The lowest BCUT2D eigenvalue weighted by Gasteiger charge is -2.14. The number of nitrogens with zero attached hydrogens (tertiary/aromatic N) is 1. The standard InChI is InChI=1S/C22H33N3O5/c1-3-5-6-13-23-20(27)15-30-16-21(28)24-19-10-7-18(8-11-19)9-12-22(29)25(17-26)14-4-2/h7-8,10-11,17H,3-6,9,12-16H2,1-2H3,(H,23,27)(H,24,28). The van der Waals surface area contributed by atoms with Crippen LogP contribution in [0.2, 0.25) is 0 Å². The molecule has 2 N–H and O–H groups in total. The van der Waals surface area contributed by atoms with Crippen LogP contribution in [-0.2, 0) is 30.3 Å². The Morgan fingerprint density at radius 2 is 1.70 bits per heavy atom. The van der Waals surface area contributed by atoms with E-state index in [1.54, 1.807) is 12.1 Å². The van der Waals surface area contributed by atoms with Crippen molar-refractivity contribution in [3.05, 3.63) is 29.8 Å². The number of unbranched alkanes of at least 4 members (excludes halogenated alkanes) is 2. The molecule has 1 rings (SSSR count). The third kappa shape index (κ3) is 10.7. The molecular weight excluding hydrogens is 386 g/mol. The lowest BCUT2D eigenvalue weighted by atomic mass is 10.1. The molecule has 0 aliphatic heterocycles. The largest absolute Gasteiger partial charge is 0.362 e. The van der Waals surface area contributed by atoms with Gasteiger partial charge in [-0.3, -0.25) is 24.1 Å². The quantitative estimate of drug-likeness (QED) is 0.335. The molecule has 0 aromatic heterocycles. The Bertz CT molecular complexity index is 676. The van der Waals surface area contributed by atoms with Crippen LogP contribution in [0, 0.1) is 0 Å². The van der Waals surface area contributed by atoms with E-state index in [0.29, 0.717) is 31.6 Å². The van der Waals surface area contributed by atoms with Crippen molar-refractivity contribution in [2.24, 2.45) is 0 Å². The SMILES string of the molecule is CCCCCNC(=O)COCC(=O)Nc1ccc(CCC(=O)N(C=O)CCC)cc1. The number of hydrogen-bond donors (Lipinski definition) is 2. The fourth-order valence-electron chi connectivity index (χ4n) is 2.71. The average molecular weight is 420 g/mol.